The summed E-state index contributed by atoms with van der Waals surface area (Å²) in [7, 11) is 0. The lowest BCUT2D eigenvalue weighted by molar-refractivity contribution is -0.144. The fraction of sp³-hybridized carbons (Fsp3) is 0.222. The second-order valence-corrected chi connectivity index (χ2v) is 6.08. The Bertz CT molecular complexity index is 823. The zero-order valence-electron chi connectivity index (χ0n) is 14.7. The van der Waals surface area contributed by atoms with Crippen LogP contribution in [0.25, 0.3) is 0 Å². The minimum atomic E-state index is -5.28. The smallest absolute Gasteiger partial charge is 0.318 e. The van der Waals surface area contributed by atoms with Crippen LogP contribution in [0, 0.1) is 0 Å². The second-order valence-electron chi connectivity index (χ2n) is 6.08. The van der Waals surface area contributed by atoms with Crippen molar-refractivity contribution in [2.45, 2.75) is 24.7 Å². The molecule has 2 aromatic rings. The average molecular weight is 467 g/mol. The van der Waals surface area contributed by atoms with Gasteiger partial charge in [-0.2, -0.15) is 52.7 Å². The molecule has 0 spiro atoms. The highest BCUT2D eigenvalue weighted by molar-refractivity contribution is 5.69. The first kappa shape index (κ1) is 24.4. The monoisotopic (exact) mass is 467 g/mol. The lowest BCUT2D eigenvalue weighted by Gasteiger charge is -2.25. The van der Waals surface area contributed by atoms with Gasteiger partial charge in [-0.05, 0) is 36.4 Å². The van der Waals surface area contributed by atoms with Gasteiger partial charge in [-0.3, -0.25) is 0 Å². The first-order valence-electron chi connectivity index (χ1n) is 7.85. The number of nitrogens with zero attached hydrogens (tertiary/aromatic N) is 1. The highest BCUT2D eigenvalue weighted by Gasteiger charge is 2.39. The summed E-state index contributed by atoms with van der Waals surface area (Å²) >= 11 is 0. The molecule has 0 aliphatic heterocycles. The van der Waals surface area contributed by atoms with Gasteiger partial charge in [-0.15, -0.1) is 0 Å². The maximum absolute atomic E-state index is 13.0. The summed E-state index contributed by atoms with van der Waals surface area (Å²) in [6, 6.07) is 0.0971. The summed E-state index contributed by atoms with van der Waals surface area (Å²) in [4.78, 5) is 0.259. The summed E-state index contributed by atoms with van der Waals surface area (Å²) < 4.78 is 156. The summed E-state index contributed by atoms with van der Waals surface area (Å²) in [6.45, 7) is 3.08. The lowest BCUT2D eigenvalue weighted by Crippen LogP contribution is -2.17. The van der Waals surface area contributed by atoms with Crippen LogP contribution in [0.15, 0.2) is 49.2 Å². The highest BCUT2D eigenvalue weighted by Crippen LogP contribution is 2.43. The number of halogens is 12. The number of alkyl halides is 12. The standard InChI is InChI=1S/C18H9F12N/c1-2-31(13-5-9(15(19,20)21)3-10(6-13)16(22,23)24)14-7-11(17(25,26)27)4-12(8-14)18(28,29)30/h2-8H,1H2. The van der Waals surface area contributed by atoms with Gasteiger partial charge in [0, 0.05) is 17.6 Å². The molecule has 0 aliphatic carbocycles. The number of hydrogen-bond donors (Lipinski definition) is 0. The van der Waals surface area contributed by atoms with E-state index in [4.69, 9.17) is 0 Å². The molecular weight excluding hydrogens is 458 g/mol. The Hall–Kier alpha value is -2.86. The SMILES string of the molecule is C=CN(c1cc(C(F)(F)F)cc(C(F)(F)F)c1)c1cc(C(F)(F)F)cc(C(F)(F)F)c1. The predicted molar refractivity (Wildman–Crippen MR) is 85.2 cm³/mol. The normalized spacial score (nSPS) is 13.3. The minimum Gasteiger partial charge on any atom is -0.318 e. The van der Waals surface area contributed by atoms with Crippen LogP contribution in [-0.4, -0.2) is 0 Å². The molecule has 0 saturated carbocycles. The van der Waals surface area contributed by atoms with Crippen molar-refractivity contribution in [3.8, 4) is 0 Å². The molecule has 0 radical (unpaired) electrons. The fourth-order valence-electron chi connectivity index (χ4n) is 2.52. The van der Waals surface area contributed by atoms with Gasteiger partial charge in [0.25, 0.3) is 0 Å². The molecule has 170 valence electrons. The minimum absolute atomic E-state index is 0.143. The zero-order valence-corrected chi connectivity index (χ0v) is 14.7. The third kappa shape index (κ3) is 5.64. The van der Waals surface area contributed by atoms with E-state index in [1.807, 2.05) is 0 Å². The molecule has 0 saturated heterocycles. The molecule has 2 aromatic carbocycles. The molecule has 0 aromatic heterocycles. The Kier molecular flexibility index (Phi) is 6.05. The van der Waals surface area contributed by atoms with Crippen molar-refractivity contribution in [1.29, 1.82) is 0 Å². The van der Waals surface area contributed by atoms with Gasteiger partial charge >= 0.3 is 24.7 Å². The maximum atomic E-state index is 13.0. The van der Waals surface area contributed by atoms with E-state index in [9.17, 15) is 52.7 Å². The molecule has 0 aliphatic rings. The first-order valence-corrected chi connectivity index (χ1v) is 7.85. The molecule has 2 rings (SSSR count). The van der Waals surface area contributed by atoms with Crippen LogP contribution in [0.5, 0.6) is 0 Å². The lowest BCUT2D eigenvalue weighted by atomic mass is 10.0. The third-order valence-corrected chi connectivity index (χ3v) is 3.88. The largest absolute Gasteiger partial charge is 0.416 e. The molecule has 0 N–H and O–H groups in total. The Morgan fingerprint density at radius 3 is 0.871 bits per heavy atom. The maximum Gasteiger partial charge on any atom is 0.416 e. The number of anilines is 2. The highest BCUT2D eigenvalue weighted by atomic mass is 19.4. The predicted octanol–water partition coefficient (Wildman–Crippen LogP) is 8.04. The van der Waals surface area contributed by atoms with Gasteiger partial charge in [-0.25, -0.2) is 0 Å². The Morgan fingerprint density at radius 2 is 0.710 bits per heavy atom. The van der Waals surface area contributed by atoms with E-state index >= 15 is 0 Å². The van der Waals surface area contributed by atoms with Crippen molar-refractivity contribution in [3.05, 3.63) is 71.4 Å². The van der Waals surface area contributed by atoms with Crippen LogP contribution in [0.1, 0.15) is 22.3 Å². The van der Waals surface area contributed by atoms with Gasteiger partial charge in [0.1, 0.15) is 0 Å². The van der Waals surface area contributed by atoms with Gasteiger partial charge in [-0.1, -0.05) is 6.58 Å². The quantitative estimate of drug-likeness (QED) is 0.413. The van der Waals surface area contributed by atoms with Gasteiger partial charge in [0.05, 0.1) is 22.3 Å². The third-order valence-electron chi connectivity index (χ3n) is 3.88. The molecule has 0 unspecified atom stereocenters. The van der Waals surface area contributed by atoms with Crippen molar-refractivity contribution < 1.29 is 52.7 Å². The van der Waals surface area contributed by atoms with Crippen LogP contribution in [0.2, 0.25) is 0 Å². The van der Waals surface area contributed by atoms with E-state index < -0.39 is 58.3 Å². The Morgan fingerprint density at radius 1 is 0.484 bits per heavy atom. The van der Waals surface area contributed by atoms with Crippen molar-refractivity contribution in [3.63, 3.8) is 0 Å². The Labute approximate surface area is 166 Å². The number of rotatable bonds is 3. The Balaban J connectivity index is 2.80. The first-order chi connectivity index (χ1) is 13.8. The van der Waals surface area contributed by atoms with Crippen LogP contribution in [-0.2, 0) is 24.7 Å². The van der Waals surface area contributed by atoms with E-state index in [-0.39, 0.29) is 41.3 Å². The fourth-order valence-corrected chi connectivity index (χ4v) is 2.52. The van der Waals surface area contributed by atoms with Crippen LogP contribution in [0.4, 0.5) is 64.1 Å². The molecule has 0 amide bonds. The van der Waals surface area contributed by atoms with Crippen LogP contribution < -0.4 is 4.90 Å². The molecule has 13 heteroatoms. The second kappa shape index (κ2) is 7.68. The summed E-state index contributed by atoms with van der Waals surface area (Å²) in [5, 5.41) is 0. The van der Waals surface area contributed by atoms with E-state index in [1.165, 1.54) is 0 Å². The topological polar surface area (TPSA) is 3.24 Å². The van der Waals surface area contributed by atoms with Crippen LogP contribution >= 0.6 is 0 Å². The number of benzene rings is 2. The van der Waals surface area contributed by atoms with E-state index in [1.54, 1.807) is 0 Å². The molecule has 0 heterocycles. The molecule has 0 fully saturated rings. The summed E-state index contributed by atoms with van der Waals surface area (Å²) in [6.07, 6.45) is -20.6. The van der Waals surface area contributed by atoms with E-state index in [0.717, 1.165) is 0 Å². The average Bonchev–Trinajstić information content (AvgIpc) is 2.59. The molecular formula is C18H9F12N. The van der Waals surface area contributed by atoms with Gasteiger partial charge in [0.15, 0.2) is 0 Å². The van der Waals surface area contributed by atoms with E-state index in [2.05, 4.69) is 6.58 Å². The van der Waals surface area contributed by atoms with Gasteiger partial charge < -0.3 is 4.90 Å². The van der Waals surface area contributed by atoms with Crippen molar-refractivity contribution >= 4 is 11.4 Å². The summed E-state index contributed by atoms with van der Waals surface area (Å²) in [5.41, 5.74) is -9.24. The number of hydrogen-bond acceptors (Lipinski definition) is 1. The zero-order chi connectivity index (χ0) is 24.0. The van der Waals surface area contributed by atoms with Crippen molar-refractivity contribution in [2.24, 2.45) is 0 Å². The molecule has 0 bridgehead atoms. The van der Waals surface area contributed by atoms with Crippen molar-refractivity contribution in [1.82, 2.24) is 0 Å². The summed E-state index contributed by atoms with van der Waals surface area (Å²) in [5.74, 6) is 0. The molecule has 1 nitrogen and oxygen atoms in total. The van der Waals surface area contributed by atoms with Crippen LogP contribution in [0.3, 0.4) is 0 Å². The van der Waals surface area contributed by atoms with Crippen molar-refractivity contribution in [2.75, 3.05) is 4.90 Å². The molecule has 0 atom stereocenters. The van der Waals surface area contributed by atoms with E-state index in [0.29, 0.717) is 6.20 Å². The molecule has 31 heavy (non-hydrogen) atoms. The van der Waals surface area contributed by atoms with Gasteiger partial charge in [0.2, 0.25) is 0 Å².